The summed E-state index contributed by atoms with van der Waals surface area (Å²) in [7, 11) is 0. The normalized spacial score (nSPS) is 9.91. The van der Waals surface area contributed by atoms with Gasteiger partial charge in [-0.1, -0.05) is 58.3 Å². The van der Waals surface area contributed by atoms with Gasteiger partial charge in [-0.15, -0.1) is 0 Å². The SMILES string of the molecule is CCCCCCCCCCCC(=O)OSCC(=O)NCC.[KH]. The molecule has 0 rings (SSSR count). The molecule has 0 aliphatic heterocycles. The summed E-state index contributed by atoms with van der Waals surface area (Å²) >= 11 is 0.927. The Kier molecular flexibility index (Phi) is 22.8. The van der Waals surface area contributed by atoms with Crippen molar-refractivity contribution in [3.63, 3.8) is 0 Å². The second kappa shape index (κ2) is 20.0. The van der Waals surface area contributed by atoms with Crippen LogP contribution >= 0.6 is 12.0 Å². The van der Waals surface area contributed by atoms with E-state index in [2.05, 4.69) is 12.2 Å². The van der Waals surface area contributed by atoms with Crippen LogP contribution in [0, 0.1) is 0 Å². The molecule has 0 aromatic rings. The maximum atomic E-state index is 11.4. The first-order chi connectivity index (χ1) is 10.2. The summed E-state index contributed by atoms with van der Waals surface area (Å²) in [6, 6.07) is 0. The first kappa shape index (κ1) is 25.2. The third-order valence-electron chi connectivity index (χ3n) is 3.20. The second-order valence-corrected chi connectivity index (χ2v) is 5.94. The fourth-order valence-corrected chi connectivity index (χ4v) is 2.50. The zero-order chi connectivity index (χ0) is 15.8. The predicted octanol–water partition coefficient (Wildman–Crippen LogP) is 3.59. The number of hydrogen-bond donors (Lipinski definition) is 1. The van der Waals surface area contributed by atoms with Crippen molar-refractivity contribution in [2.45, 2.75) is 78.1 Å². The molecule has 0 saturated carbocycles. The van der Waals surface area contributed by atoms with Gasteiger partial charge in [0, 0.05) is 13.0 Å². The van der Waals surface area contributed by atoms with Crippen LogP contribution in [0.5, 0.6) is 0 Å². The van der Waals surface area contributed by atoms with Crippen LogP contribution in [0.1, 0.15) is 78.1 Å². The Labute approximate surface area is 182 Å². The summed E-state index contributed by atoms with van der Waals surface area (Å²) in [6.45, 7) is 4.69. The summed E-state index contributed by atoms with van der Waals surface area (Å²) in [5.41, 5.74) is 0. The molecular weight excluding hydrogens is 325 g/mol. The fraction of sp³-hybridized carbons (Fsp3) is 0.875. The van der Waals surface area contributed by atoms with Crippen molar-refractivity contribution >= 4 is 75.3 Å². The first-order valence-electron chi connectivity index (χ1n) is 8.29. The summed E-state index contributed by atoms with van der Waals surface area (Å²) in [5.74, 6) is -0.136. The van der Waals surface area contributed by atoms with Crippen molar-refractivity contribution in [1.82, 2.24) is 5.32 Å². The summed E-state index contributed by atoms with van der Waals surface area (Å²) in [6.07, 6.45) is 11.5. The van der Waals surface area contributed by atoms with Gasteiger partial charge in [-0.3, -0.25) is 9.59 Å². The molecule has 6 heteroatoms. The molecule has 0 spiro atoms. The van der Waals surface area contributed by atoms with E-state index < -0.39 is 0 Å². The Morgan fingerprint density at radius 3 is 2.00 bits per heavy atom. The van der Waals surface area contributed by atoms with Gasteiger partial charge >= 0.3 is 57.4 Å². The van der Waals surface area contributed by atoms with Crippen LogP contribution in [-0.4, -0.2) is 75.6 Å². The van der Waals surface area contributed by atoms with Gasteiger partial charge in [-0.05, 0) is 13.3 Å². The van der Waals surface area contributed by atoms with Crippen molar-refractivity contribution in [1.29, 1.82) is 0 Å². The van der Waals surface area contributed by atoms with Crippen molar-refractivity contribution in [2.75, 3.05) is 12.3 Å². The Hall–Kier alpha value is 0.926. The molecule has 0 heterocycles. The summed E-state index contributed by atoms with van der Waals surface area (Å²) in [4.78, 5) is 22.5. The molecule has 0 saturated heterocycles. The predicted molar refractivity (Wildman–Crippen MR) is 96.2 cm³/mol. The average molecular weight is 358 g/mol. The maximum absolute atomic E-state index is 11.4. The Morgan fingerprint density at radius 1 is 0.909 bits per heavy atom. The van der Waals surface area contributed by atoms with Crippen molar-refractivity contribution < 1.29 is 13.8 Å². The summed E-state index contributed by atoms with van der Waals surface area (Å²) in [5, 5.41) is 2.65. The zero-order valence-electron chi connectivity index (χ0n) is 13.6. The molecular formula is C16H32KNO3S. The third kappa shape index (κ3) is 19.0. The summed E-state index contributed by atoms with van der Waals surface area (Å²) < 4.78 is 4.95. The molecule has 1 amide bonds. The molecule has 0 aliphatic rings. The van der Waals surface area contributed by atoms with Crippen molar-refractivity contribution in [2.24, 2.45) is 0 Å². The van der Waals surface area contributed by atoms with E-state index in [0.717, 1.165) is 24.9 Å². The molecule has 0 atom stereocenters. The molecule has 1 N–H and O–H groups in total. The number of unbranched alkanes of at least 4 members (excludes halogenated alkanes) is 8. The van der Waals surface area contributed by atoms with E-state index in [4.69, 9.17) is 4.18 Å². The van der Waals surface area contributed by atoms with Crippen LogP contribution in [0.25, 0.3) is 0 Å². The molecule has 126 valence electrons. The Bertz CT molecular complexity index is 278. The first-order valence-corrected chi connectivity index (χ1v) is 9.20. The van der Waals surface area contributed by atoms with Crippen LogP contribution in [0.15, 0.2) is 0 Å². The number of nitrogens with one attached hydrogen (secondary N) is 1. The van der Waals surface area contributed by atoms with Gasteiger partial charge in [0.25, 0.3) is 0 Å². The molecule has 0 unspecified atom stereocenters. The van der Waals surface area contributed by atoms with Gasteiger partial charge in [0.05, 0.1) is 12.0 Å². The molecule has 4 nitrogen and oxygen atoms in total. The van der Waals surface area contributed by atoms with Gasteiger partial charge < -0.3 is 9.50 Å². The van der Waals surface area contributed by atoms with E-state index in [1.165, 1.54) is 44.9 Å². The number of amides is 1. The van der Waals surface area contributed by atoms with Crippen molar-refractivity contribution in [3.05, 3.63) is 0 Å². The van der Waals surface area contributed by atoms with Gasteiger partial charge in [0.2, 0.25) is 5.91 Å². The van der Waals surface area contributed by atoms with Crippen LogP contribution in [0.4, 0.5) is 0 Å². The number of carbonyl (C=O) groups is 2. The minimum absolute atomic E-state index is 0. The quantitative estimate of drug-likeness (QED) is 0.293. The molecule has 22 heavy (non-hydrogen) atoms. The van der Waals surface area contributed by atoms with Crippen molar-refractivity contribution in [3.8, 4) is 0 Å². The number of carbonyl (C=O) groups excluding carboxylic acids is 2. The van der Waals surface area contributed by atoms with Crippen LogP contribution in [0.3, 0.4) is 0 Å². The Balaban J connectivity index is 0. The van der Waals surface area contributed by atoms with E-state index in [0.29, 0.717) is 13.0 Å². The van der Waals surface area contributed by atoms with Gasteiger partial charge in [0.1, 0.15) is 5.75 Å². The van der Waals surface area contributed by atoms with Gasteiger partial charge in [-0.25, -0.2) is 0 Å². The minimum atomic E-state index is -0.216. The standard InChI is InChI=1S/C16H31NO3S.K.H/c1-3-5-6-7-8-9-10-11-12-13-16(19)20-21-14-15(18)17-4-2;;/h3-14H2,1-2H3,(H,17,18);;. The second-order valence-electron chi connectivity index (χ2n) is 5.25. The van der Waals surface area contributed by atoms with Crippen LogP contribution < -0.4 is 5.32 Å². The molecule has 0 radical (unpaired) electrons. The molecule has 0 bridgehead atoms. The van der Waals surface area contributed by atoms with E-state index in [9.17, 15) is 9.59 Å². The molecule has 0 aromatic heterocycles. The molecule has 0 aliphatic carbocycles. The van der Waals surface area contributed by atoms with E-state index in [1.54, 1.807) is 0 Å². The Morgan fingerprint density at radius 2 is 1.45 bits per heavy atom. The van der Waals surface area contributed by atoms with Crippen LogP contribution in [-0.2, 0) is 13.8 Å². The van der Waals surface area contributed by atoms with Gasteiger partial charge in [-0.2, -0.15) is 0 Å². The zero-order valence-corrected chi connectivity index (χ0v) is 14.4. The fourth-order valence-electron chi connectivity index (χ4n) is 2.02. The third-order valence-corrected chi connectivity index (χ3v) is 3.88. The molecule has 0 fully saturated rings. The van der Waals surface area contributed by atoms with Crippen LogP contribution in [0.2, 0.25) is 0 Å². The number of rotatable bonds is 14. The van der Waals surface area contributed by atoms with E-state index >= 15 is 0 Å². The van der Waals surface area contributed by atoms with E-state index in [-0.39, 0.29) is 69.0 Å². The van der Waals surface area contributed by atoms with Gasteiger partial charge in [0.15, 0.2) is 0 Å². The molecule has 0 aromatic carbocycles. The number of hydrogen-bond acceptors (Lipinski definition) is 4. The topological polar surface area (TPSA) is 55.4 Å². The van der Waals surface area contributed by atoms with E-state index in [1.807, 2.05) is 6.92 Å². The average Bonchev–Trinajstić information content (AvgIpc) is 2.46. The monoisotopic (exact) mass is 357 g/mol.